The number of rotatable bonds is 2. The zero-order valence-electron chi connectivity index (χ0n) is 9.65. The lowest BCUT2D eigenvalue weighted by Gasteiger charge is -2.40. The second-order valence-electron chi connectivity index (χ2n) is 3.57. The number of nitrogens with one attached hydrogen (secondary N) is 3. The predicted octanol–water partition coefficient (Wildman–Crippen LogP) is -2.96. The first-order valence-electron chi connectivity index (χ1n) is 4.99. The Morgan fingerprint density at radius 3 is 2.22 bits per heavy atom. The molecular formula is C8H17N4O6+. The minimum Gasteiger partial charge on any atom is -0.394 e. The van der Waals surface area contributed by atoms with Crippen molar-refractivity contribution in [3.63, 3.8) is 0 Å². The number of aliphatic hydroxyl groups is 4. The fourth-order valence-electron chi connectivity index (χ4n) is 1.49. The van der Waals surface area contributed by atoms with Crippen molar-refractivity contribution in [3.8, 4) is 0 Å². The fraction of sp³-hybridized carbons (Fsp3) is 0.875. The molecule has 1 fully saturated rings. The number of nitrogens with zero attached hydrogens (tertiary/aromatic N) is 1. The molecule has 1 amide bonds. The smallest absolute Gasteiger partial charge is 0.217 e. The van der Waals surface area contributed by atoms with Gasteiger partial charge in [-0.2, -0.15) is 0 Å². The van der Waals surface area contributed by atoms with E-state index in [0.29, 0.717) is 0 Å². The highest BCUT2D eigenvalue weighted by Gasteiger charge is 2.43. The van der Waals surface area contributed by atoms with Crippen molar-refractivity contribution in [1.29, 1.82) is 11.1 Å². The molecule has 10 heteroatoms. The molecule has 18 heavy (non-hydrogen) atoms. The van der Waals surface area contributed by atoms with Crippen molar-refractivity contribution in [2.45, 2.75) is 37.6 Å². The summed E-state index contributed by atoms with van der Waals surface area (Å²) in [7, 11) is 0. The van der Waals surface area contributed by atoms with Crippen LogP contribution in [0.1, 0.15) is 6.92 Å². The molecule has 0 aromatic carbocycles. The lowest BCUT2D eigenvalue weighted by molar-refractivity contribution is -0.253. The lowest BCUT2D eigenvalue weighted by Crippen LogP contribution is -2.63. The second kappa shape index (κ2) is 7.82. The summed E-state index contributed by atoms with van der Waals surface area (Å²) in [6, 6.07) is -1.10. The van der Waals surface area contributed by atoms with Crippen LogP contribution in [0.15, 0.2) is 0 Å². The van der Waals surface area contributed by atoms with E-state index >= 15 is 0 Å². The topological polar surface area (TPSA) is 181 Å². The van der Waals surface area contributed by atoms with Gasteiger partial charge in [0.05, 0.1) is 6.61 Å². The van der Waals surface area contributed by atoms with Gasteiger partial charge in [-0.1, -0.05) is 0 Å². The van der Waals surface area contributed by atoms with Crippen LogP contribution in [-0.4, -0.2) is 63.6 Å². The number of aliphatic hydroxyl groups excluding tert-OH is 4. The number of hydrogen-bond acceptors (Lipinski definition) is 8. The number of amides is 1. The van der Waals surface area contributed by atoms with Gasteiger partial charge >= 0.3 is 0 Å². The zero-order chi connectivity index (χ0) is 14.3. The molecule has 10 nitrogen and oxygen atoms in total. The third-order valence-corrected chi connectivity index (χ3v) is 2.27. The van der Waals surface area contributed by atoms with Gasteiger partial charge < -0.3 is 30.5 Å². The molecule has 0 radical (unpaired) electrons. The maximum absolute atomic E-state index is 10.7. The highest BCUT2D eigenvalue weighted by Crippen LogP contribution is 2.19. The largest absolute Gasteiger partial charge is 0.394 e. The van der Waals surface area contributed by atoms with E-state index < -0.39 is 43.2 Å². The van der Waals surface area contributed by atoms with Crippen LogP contribution in [0.25, 0.3) is 0 Å². The van der Waals surface area contributed by atoms with Gasteiger partial charge in [-0.25, -0.2) is 0 Å². The van der Waals surface area contributed by atoms with Gasteiger partial charge in [0.25, 0.3) is 0 Å². The number of ether oxygens (including phenoxy) is 1. The Bertz CT molecular complexity index is 308. The quantitative estimate of drug-likeness (QED) is 0.207. The highest BCUT2D eigenvalue weighted by atomic mass is 16.6. The molecular weight excluding hydrogens is 248 g/mol. The fourth-order valence-corrected chi connectivity index (χ4v) is 1.49. The van der Waals surface area contributed by atoms with Crippen LogP contribution in [0.5, 0.6) is 0 Å². The van der Waals surface area contributed by atoms with E-state index in [9.17, 15) is 20.1 Å². The molecule has 7 N–H and O–H groups in total. The minimum atomic E-state index is -1.45. The van der Waals surface area contributed by atoms with E-state index in [4.69, 9.17) is 20.9 Å². The maximum atomic E-state index is 10.7. The van der Waals surface area contributed by atoms with Gasteiger partial charge in [0.1, 0.15) is 35.4 Å². The molecule has 1 heterocycles. The van der Waals surface area contributed by atoms with Crippen LogP contribution in [0.3, 0.4) is 0 Å². The van der Waals surface area contributed by atoms with Crippen molar-refractivity contribution in [2.75, 3.05) is 6.61 Å². The van der Waals surface area contributed by atoms with Crippen molar-refractivity contribution < 1.29 is 30.0 Å². The van der Waals surface area contributed by atoms with Crippen LogP contribution >= 0.6 is 0 Å². The van der Waals surface area contributed by atoms with Gasteiger partial charge in [-0.05, 0) is 0 Å². The van der Waals surface area contributed by atoms with Crippen molar-refractivity contribution in [3.05, 3.63) is 0 Å². The molecule has 1 aliphatic rings. The lowest BCUT2D eigenvalue weighted by atomic mass is 9.97. The van der Waals surface area contributed by atoms with Gasteiger partial charge in [-0.3, -0.25) is 4.79 Å². The summed E-state index contributed by atoms with van der Waals surface area (Å²) in [6.07, 6.45) is -5.24. The Morgan fingerprint density at radius 1 is 1.33 bits per heavy atom. The van der Waals surface area contributed by atoms with Crippen LogP contribution < -0.4 is 10.2 Å². The molecule has 0 aliphatic carbocycles. The molecule has 1 saturated heterocycles. The van der Waals surface area contributed by atoms with Crippen LogP contribution in [-0.2, 0) is 9.53 Å². The molecule has 5 atom stereocenters. The first kappa shape index (κ1) is 16.6. The summed E-state index contributed by atoms with van der Waals surface area (Å²) < 4.78 is 4.81. The molecule has 1 rings (SSSR count). The third kappa shape index (κ3) is 4.45. The van der Waals surface area contributed by atoms with E-state index in [2.05, 4.69) is 5.32 Å². The molecule has 1 unspecified atom stereocenters. The van der Waals surface area contributed by atoms with E-state index in [1.54, 1.807) is 0 Å². The number of hydrogen-bond donors (Lipinski definition) is 7. The van der Waals surface area contributed by atoms with Crippen molar-refractivity contribution in [2.24, 2.45) is 0 Å². The Kier molecular flexibility index (Phi) is 7.20. The summed E-state index contributed by atoms with van der Waals surface area (Å²) in [5, 5.41) is 39.4. The Balaban J connectivity index is 0.000000873. The molecule has 104 valence electrons. The van der Waals surface area contributed by atoms with E-state index in [1.165, 1.54) is 6.92 Å². The van der Waals surface area contributed by atoms with Crippen LogP contribution in [0.4, 0.5) is 0 Å². The minimum absolute atomic E-state index is 0.462. The summed E-state index contributed by atoms with van der Waals surface area (Å²) in [5.74, 6) is -0.462. The molecule has 0 aromatic heterocycles. The van der Waals surface area contributed by atoms with E-state index in [-0.39, 0.29) is 0 Å². The first-order valence-corrected chi connectivity index (χ1v) is 4.99. The summed E-state index contributed by atoms with van der Waals surface area (Å²) in [5.41, 5.74) is 11.0. The Labute approximate surface area is 102 Å². The van der Waals surface area contributed by atoms with Crippen LogP contribution in [0, 0.1) is 11.1 Å². The summed E-state index contributed by atoms with van der Waals surface area (Å²) in [4.78, 5) is 12.7. The molecule has 0 bridgehead atoms. The van der Waals surface area contributed by atoms with Crippen LogP contribution in [0.2, 0.25) is 0 Å². The maximum Gasteiger partial charge on any atom is 0.217 e. The standard InChI is InChI=1S/C8H15NO6.H2N3/c1-3(11)9-5-7(13)6(12)4(2-10)15-8(5)14;1-3-2/h4-8,10,12-14H,2H2,1H3,(H,9,11);1-2H/q;+1/t4-,5-,6-,7-,8?;/m1./s1. The monoisotopic (exact) mass is 265 g/mol. The molecule has 0 aromatic rings. The van der Waals surface area contributed by atoms with Gasteiger partial charge in [0.2, 0.25) is 10.8 Å². The normalized spacial score (nSPS) is 34.8. The van der Waals surface area contributed by atoms with E-state index in [1.807, 2.05) is 4.91 Å². The molecule has 0 spiro atoms. The number of carbonyl (C=O) groups is 1. The van der Waals surface area contributed by atoms with Gasteiger partial charge in [0, 0.05) is 6.92 Å². The summed E-state index contributed by atoms with van der Waals surface area (Å²) in [6.45, 7) is 0.687. The molecule has 0 saturated carbocycles. The Hall–Kier alpha value is -1.42. The highest BCUT2D eigenvalue weighted by molar-refractivity contribution is 5.73. The average molecular weight is 265 g/mol. The average Bonchev–Trinajstić information content (AvgIpc) is 2.30. The van der Waals surface area contributed by atoms with Crippen molar-refractivity contribution in [1.82, 2.24) is 10.2 Å². The first-order chi connectivity index (χ1) is 8.38. The van der Waals surface area contributed by atoms with Gasteiger partial charge in [-0.15, -0.1) is 0 Å². The van der Waals surface area contributed by atoms with Gasteiger partial charge in [0.15, 0.2) is 6.29 Å². The molecule has 1 aliphatic heterocycles. The zero-order valence-corrected chi connectivity index (χ0v) is 9.65. The third-order valence-electron chi connectivity index (χ3n) is 2.27. The Morgan fingerprint density at radius 2 is 1.83 bits per heavy atom. The summed E-state index contributed by atoms with van der Waals surface area (Å²) >= 11 is 0. The number of carbonyl (C=O) groups excluding carboxylic acids is 1. The predicted molar refractivity (Wildman–Crippen MR) is 55.2 cm³/mol. The second-order valence-corrected chi connectivity index (χ2v) is 3.57. The van der Waals surface area contributed by atoms with Crippen molar-refractivity contribution >= 4 is 5.91 Å². The SMILES string of the molecule is CC(=O)N[C@H]1C(O)O[C@H](CO)[C@@H](O)[C@@H]1O.N=[N+]=N. The van der Waals surface area contributed by atoms with E-state index in [0.717, 1.165) is 0 Å².